The molecule has 0 aliphatic heterocycles. The first-order valence-corrected chi connectivity index (χ1v) is 10.5. The van der Waals surface area contributed by atoms with Gasteiger partial charge < -0.3 is 10.1 Å². The average molecular weight is 389 g/mol. The van der Waals surface area contributed by atoms with Crippen molar-refractivity contribution in [1.29, 1.82) is 0 Å². The fourth-order valence-electron chi connectivity index (χ4n) is 2.40. The lowest BCUT2D eigenvalue weighted by Gasteiger charge is -2.11. The molecule has 0 aliphatic carbocycles. The third kappa shape index (κ3) is 5.92. The minimum absolute atomic E-state index is 0.0165. The van der Waals surface area contributed by atoms with Crippen molar-refractivity contribution in [2.75, 3.05) is 18.2 Å². The van der Waals surface area contributed by atoms with Crippen molar-refractivity contribution in [2.45, 2.75) is 31.1 Å². The van der Waals surface area contributed by atoms with Crippen LogP contribution in [0.25, 0.3) is 0 Å². The van der Waals surface area contributed by atoms with Gasteiger partial charge in [-0.05, 0) is 48.2 Å². The molecule has 2 rings (SSSR count). The van der Waals surface area contributed by atoms with Crippen molar-refractivity contribution < 1.29 is 22.7 Å². The molecule has 7 heteroatoms. The van der Waals surface area contributed by atoms with E-state index in [1.165, 1.54) is 29.8 Å². The van der Waals surface area contributed by atoms with Gasteiger partial charge in [0, 0.05) is 11.9 Å². The molecule has 0 saturated carbocycles. The van der Waals surface area contributed by atoms with E-state index in [-0.39, 0.29) is 10.5 Å². The van der Waals surface area contributed by atoms with Crippen LogP contribution in [0.5, 0.6) is 0 Å². The highest BCUT2D eigenvalue weighted by Crippen LogP contribution is 2.20. The second kappa shape index (κ2) is 8.81. The fourth-order valence-corrected chi connectivity index (χ4v) is 3.06. The number of hydrogen-bond donors (Lipinski definition) is 1. The van der Waals surface area contributed by atoms with Crippen LogP contribution in [0.15, 0.2) is 53.4 Å². The number of benzene rings is 2. The van der Waals surface area contributed by atoms with Gasteiger partial charge in [-0.25, -0.2) is 13.2 Å². The smallest absolute Gasteiger partial charge is 0.338 e. The van der Waals surface area contributed by atoms with Crippen molar-refractivity contribution >= 4 is 27.4 Å². The van der Waals surface area contributed by atoms with E-state index in [1.54, 1.807) is 12.1 Å². The molecular formula is C20H23NO5S. The number of anilines is 1. The molecular weight excluding hydrogens is 366 g/mol. The Morgan fingerprint density at radius 2 is 1.78 bits per heavy atom. The van der Waals surface area contributed by atoms with Gasteiger partial charge in [0.2, 0.25) is 0 Å². The Morgan fingerprint density at radius 1 is 1.11 bits per heavy atom. The Balaban J connectivity index is 1.93. The third-order valence-electron chi connectivity index (χ3n) is 4.21. The van der Waals surface area contributed by atoms with Crippen LogP contribution >= 0.6 is 0 Å². The third-order valence-corrected chi connectivity index (χ3v) is 5.32. The van der Waals surface area contributed by atoms with Gasteiger partial charge in [0.1, 0.15) is 0 Å². The average Bonchev–Trinajstić information content (AvgIpc) is 2.65. The Hall–Kier alpha value is -2.67. The van der Waals surface area contributed by atoms with Crippen LogP contribution in [-0.2, 0) is 19.4 Å². The van der Waals surface area contributed by atoms with E-state index in [9.17, 15) is 18.0 Å². The maximum absolute atomic E-state index is 12.0. The molecule has 0 heterocycles. The summed E-state index contributed by atoms with van der Waals surface area (Å²) in [5.74, 6) is -0.792. The van der Waals surface area contributed by atoms with E-state index in [1.807, 2.05) is 12.1 Å². The molecule has 0 fully saturated rings. The Bertz CT molecular complexity index is 920. The maximum Gasteiger partial charge on any atom is 0.338 e. The van der Waals surface area contributed by atoms with Crippen LogP contribution in [-0.4, -0.2) is 33.2 Å². The summed E-state index contributed by atoms with van der Waals surface area (Å²) in [6, 6.07) is 13.0. The number of sulfone groups is 1. The first-order chi connectivity index (χ1) is 12.7. The van der Waals surface area contributed by atoms with E-state index < -0.39 is 28.3 Å². The van der Waals surface area contributed by atoms with Crippen LogP contribution in [0, 0.1) is 0 Å². The van der Waals surface area contributed by atoms with Crippen molar-refractivity contribution in [2.24, 2.45) is 0 Å². The Labute approximate surface area is 159 Å². The highest BCUT2D eigenvalue weighted by Gasteiger charge is 2.14. The molecule has 0 radical (unpaired) electrons. The van der Waals surface area contributed by atoms with Gasteiger partial charge in [0.15, 0.2) is 16.4 Å². The van der Waals surface area contributed by atoms with Gasteiger partial charge in [0.05, 0.1) is 10.5 Å². The zero-order valence-electron chi connectivity index (χ0n) is 15.6. The predicted molar refractivity (Wildman–Crippen MR) is 104 cm³/mol. The maximum atomic E-state index is 12.0. The van der Waals surface area contributed by atoms with Crippen molar-refractivity contribution in [3.05, 3.63) is 59.7 Å². The molecule has 2 aromatic rings. The summed E-state index contributed by atoms with van der Waals surface area (Å²) in [6.45, 7) is 3.78. The lowest BCUT2D eigenvalue weighted by molar-refractivity contribution is -0.119. The Kier molecular flexibility index (Phi) is 6.74. The lowest BCUT2D eigenvalue weighted by atomic mass is 9.99. The quantitative estimate of drug-likeness (QED) is 0.733. The second-order valence-electron chi connectivity index (χ2n) is 6.36. The van der Waals surface area contributed by atoms with Crippen LogP contribution in [0.4, 0.5) is 5.69 Å². The molecule has 2 aromatic carbocycles. The summed E-state index contributed by atoms with van der Waals surface area (Å²) in [5.41, 5.74) is 1.87. The monoisotopic (exact) mass is 389 g/mol. The van der Waals surface area contributed by atoms with Crippen molar-refractivity contribution in [3.63, 3.8) is 0 Å². The fraction of sp³-hybridized carbons (Fsp3) is 0.300. The molecule has 144 valence electrons. The molecule has 0 unspecified atom stereocenters. The topological polar surface area (TPSA) is 89.5 Å². The molecule has 0 saturated heterocycles. The zero-order chi connectivity index (χ0) is 20.0. The number of ether oxygens (including phenoxy) is 1. The first kappa shape index (κ1) is 20.6. The molecule has 0 spiro atoms. The van der Waals surface area contributed by atoms with Crippen LogP contribution in [0.3, 0.4) is 0 Å². The molecule has 0 bridgehead atoms. The SMILES string of the molecule is CC[C@@H](C)c1ccc(NC(=O)COC(=O)c2cccc(S(C)(=O)=O)c2)cc1. The number of esters is 1. The summed E-state index contributed by atoms with van der Waals surface area (Å²) < 4.78 is 28.1. The van der Waals surface area contributed by atoms with Gasteiger partial charge in [-0.3, -0.25) is 4.79 Å². The van der Waals surface area contributed by atoms with Gasteiger partial charge in [-0.1, -0.05) is 32.0 Å². The molecule has 1 N–H and O–H groups in total. The number of carbonyl (C=O) groups excluding carboxylic acids is 2. The summed E-state index contributed by atoms with van der Waals surface area (Å²) in [7, 11) is -3.43. The van der Waals surface area contributed by atoms with E-state index in [2.05, 4.69) is 19.2 Å². The van der Waals surface area contributed by atoms with Gasteiger partial charge in [0.25, 0.3) is 5.91 Å². The molecule has 1 atom stereocenters. The predicted octanol–water partition coefficient (Wildman–Crippen LogP) is 3.40. The van der Waals surface area contributed by atoms with Crippen LogP contribution < -0.4 is 5.32 Å². The lowest BCUT2D eigenvalue weighted by Crippen LogP contribution is -2.21. The highest BCUT2D eigenvalue weighted by molar-refractivity contribution is 7.90. The molecule has 27 heavy (non-hydrogen) atoms. The largest absolute Gasteiger partial charge is 0.452 e. The second-order valence-corrected chi connectivity index (χ2v) is 8.37. The van der Waals surface area contributed by atoms with E-state index >= 15 is 0 Å². The first-order valence-electron chi connectivity index (χ1n) is 8.57. The van der Waals surface area contributed by atoms with Crippen molar-refractivity contribution in [3.8, 4) is 0 Å². The van der Waals surface area contributed by atoms with Crippen LogP contribution in [0.1, 0.15) is 42.1 Å². The number of amides is 1. The summed E-state index contributed by atoms with van der Waals surface area (Å²) in [5, 5.41) is 2.66. The van der Waals surface area contributed by atoms with E-state index in [0.29, 0.717) is 11.6 Å². The summed E-state index contributed by atoms with van der Waals surface area (Å²) in [4.78, 5) is 24.0. The number of rotatable bonds is 7. The van der Waals surface area contributed by atoms with Crippen LogP contribution in [0.2, 0.25) is 0 Å². The number of hydrogen-bond acceptors (Lipinski definition) is 5. The standard InChI is InChI=1S/C20H23NO5S/c1-4-14(2)15-8-10-17(11-9-15)21-19(22)13-26-20(23)16-6-5-7-18(12-16)27(3,24)25/h5-12,14H,4,13H2,1-3H3,(H,21,22)/t14-/m1/s1. The van der Waals surface area contributed by atoms with E-state index in [4.69, 9.17) is 4.74 Å². The zero-order valence-corrected chi connectivity index (χ0v) is 16.4. The molecule has 0 aliphatic rings. The molecule has 6 nitrogen and oxygen atoms in total. The van der Waals surface area contributed by atoms with Gasteiger partial charge in [-0.15, -0.1) is 0 Å². The number of nitrogens with one attached hydrogen (secondary N) is 1. The normalized spacial score (nSPS) is 12.3. The molecule has 1 amide bonds. The minimum atomic E-state index is -3.43. The minimum Gasteiger partial charge on any atom is -0.452 e. The van der Waals surface area contributed by atoms with Gasteiger partial charge >= 0.3 is 5.97 Å². The number of carbonyl (C=O) groups is 2. The van der Waals surface area contributed by atoms with Crippen molar-refractivity contribution in [1.82, 2.24) is 0 Å². The molecule has 0 aromatic heterocycles. The van der Waals surface area contributed by atoms with E-state index in [0.717, 1.165) is 12.7 Å². The summed E-state index contributed by atoms with van der Waals surface area (Å²) in [6.07, 6.45) is 2.08. The summed E-state index contributed by atoms with van der Waals surface area (Å²) >= 11 is 0. The Morgan fingerprint density at radius 3 is 2.37 bits per heavy atom. The highest BCUT2D eigenvalue weighted by atomic mass is 32.2. The van der Waals surface area contributed by atoms with Gasteiger partial charge in [-0.2, -0.15) is 0 Å².